The van der Waals surface area contributed by atoms with Crippen LogP contribution in [0.15, 0.2) is 0 Å². The van der Waals surface area contributed by atoms with Crippen LogP contribution in [0.2, 0.25) is 0 Å². The van der Waals surface area contributed by atoms with Crippen LogP contribution in [-0.4, -0.2) is 22.2 Å². The summed E-state index contributed by atoms with van der Waals surface area (Å²) in [5.41, 5.74) is 0. The maximum atomic E-state index is 11.3. The number of carboxylic acid groups (broad SMARTS) is 2. The van der Waals surface area contributed by atoms with Gasteiger partial charge in [-0.15, -0.1) is 0 Å². The standard InChI is InChI=1S/C18H34O4/c1-3-5-7-8-9-10-11-15(14-17(19)20)13-16(18(21)22)12-6-4-2/h15-16H,3-14H2,1-2H3,(H,19,20)(H,21,22). The van der Waals surface area contributed by atoms with E-state index in [2.05, 4.69) is 6.92 Å². The zero-order chi connectivity index (χ0) is 16.8. The third-order valence-corrected chi connectivity index (χ3v) is 4.30. The van der Waals surface area contributed by atoms with Crippen LogP contribution in [0.3, 0.4) is 0 Å². The third-order valence-electron chi connectivity index (χ3n) is 4.30. The van der Waals surface area contributed by atoms with Crippen molar-refractivity contribution in [3.63, 3.8) is 0 Å². The van der Waals surface area contributed by atoms with Crippen LogP contribution in [0.25, 0.3) is 0 Å². The molecule has 0 aromatic heterocycles. The minimum absolute atomic E-state index is 0.00151. The summed E-state index contributed by atoms with van der Waals surface area (Å²) in [5.74, 6) is -1.96. The van der Waals surface area contributed by atoms with Gasteiger partial charge in [-0.25, -0.2) is 0 Å². The Kier molecular flexibility index (Phi) is 12.9. The summed E-state index contributed by atoms with van der Waals surface area (Å²) in [7, 11) is 0. The lowest BCUT2D eigenvalue weighted by Crippen LogP contribution is -2.20. The Hall–Kier alpha value is -1.06. The van der Waals surface area contributed by atoms with E-state index in [0.29, 0.717) is 12.8 Å². The van der Waals surface area contributed by atoms with Crippen molar-refractivity contribution in [3.05, 3.63) is 0 Å². The number of aliphatic carboxylic acids is 2. The van der Waals surface area contributed by atoms with Gasteiger partial charge in [-0.3, -0.25) is 9.59 Å². The lowest BCUT2D eigenvalue weighted by atomic mass is 9.85. The average Bonchev–Trinajstić information content (AvgIpc) is 2.45. The number of carbonyl (C=O) groups is 2. The zero-order valence-electron chi connectivity index (χ0n) is 14.4. The maximum absolute atomic E-state index is 11.3. The smallest absolute Gasteiger partial charge is 0.306 e. The van der Waals surface area contributed by atoms with Crippen molar-refractivity contribution in [3.8, 4) is 0 Å². The number of rotatable bonds is 15. The first-order valence-electron chi connectivity index (χ1n) is 8.95. The molecule has 0 spiro atoms. The molecule has 0 aromatic rings. The topological polar surface area (TPSA) is 74.6 Å². The monoisotopic (exact) mass is 314 g/mol. The molecule has 4 nitrogen and oxygen atoms in total. The molecule has 22 heavy (non-hydrogen) atoms. The summed E-state index contributed by atoms with van der Waals surface area (Å²) < 4.78 is 0. The molecule has 0 saturated heterocycles. The van der Waals surface area contributed by atoms with Crippen LogP contribution >= 0.6 is 0 Å². The second-order valence-electron chi connectivity index (χ2n) is 6.43. The normalized spacial score (nSPS) is 13.7. The van der Waals surface area contributed by atoms with Crippen molar-refractivity contribution in [2.24, 2.45) is 11.8 Å². The molecule has 130 valence electrons. The lowest BCUT2D eigenvalue weighted by Gasteiger charge is -2.19. The SMILES string of the molecule is CCCCCCCCC(CC(=O)O)CC(CCCC)C(=O)O. The Bertz CT molecular complexity index is 301. The van der Waals surface area contributed by atoms with E-state index in [1.165, 1.54) is 25.7 Å². The second kappa shape index (κ2) is 13.6. The average molecular weight is 314 g/mol. The van der Waals surface area contributed by atoms with Gasteiger partial charge >= 0.3 is 11.9 Å². The van der Waals surface area contributed by atoms with Gasteiger partial charge in [0.1, 0.15) is 0 Å². The first-order valence-corrected chi connectivity index (χ1v) is 8.95. The number of unbranched alkanes of at least 4 members (excludes halogenated alkanes) is 6. The van der Waals surface area contributed by atoms with E-state index in [-0.39, 0.29) is 18.3 Å². The first kappa shape index (κ1) is 20.9. The molecule has 2 N–H and O–H groups in total. The maximum Gasteiger partial charge on any atom is 0.306 e. The fraction of sp³-hybridized carbons (Fsp3) is 0.889. The Morgan fingerprint density at radius 2 is 1.41 bits per heavy atom. The summed E-state index contributed by atoms with van der Waals surface area (Å²) in [4.78, 5) is 22.3. The molecule has 0 saturated carbocycles. The number of hydrogen-bond donors (Lipinski definition) is 2. The van der Waals surface area contributed by atoms with Gasteiger partial charge in [0.2, 0.25) is 0 Å². The van der Waals surface area contributed by atoms with Gasteiger partial charge in [0, 0.05) is 6.42 Å². The molecule has 0 fully saturated rings. The van der Waals surface area contributed by atoms with E-state index in [0.717, 1.165) is 32.1 Å². The summed E-state index contributed by atoms with van der Waals surface area (Å²) in [6.45, 7) is 4.23. The van der Waals surface area contributed by atoms with Crippen molar-refractivity contribution >= 4 is 11.9 Å². The third kappa shape index (κ3) is 11.6. The van der Waals surface area contributed by atoms with Crippen molar-refractivity contribution in [1.82, 2.24) is 0 Å². The molecule has 0 aromatic carbocycles. The Morgan fingerprint density at radius 1 is 0.818 bits per heavy atom. The predicted octanol–water partition coefficient (Wildman–Crippen LogP) is 5.11. The fourth-order valence-corrected chi connectivity index (χ4v) is 2.96. The van der Waals surface area contributed by atoms with Crippen molar-refractivity contribution < 1.29 is 19.8 Å². The van der Waals surface area contributed by atoms with Crippen LogP contribution in [0.5, 0.6) is 0 Å². The van der Waals surface area contributed by atoms with Gasteiger partial charge in [-0.05, 0) is 25.2 Å². The molecule has 0 amide bonds. The highest BCUT2D eigenvalue weighted by atomic mass is 16.4. The first-order chi connectivity index (χ1) is 10.5. The van der Waals surface area contributed by atoms with Crippen LogP contribution in [-0.2, 0) is 9.59 Å². The van der Waals surface area contributed by atoms with Crippen LogP contribution in [0.1, 0.15) is 90.9 Å². The van der Waals surface area contributed by atoms with Gasteiger partial charge in [0.25, 0.3) is 0 Å². The molecular weight excluding hydrogens is 280 g/mol. The molecule has 0 heterocycles. The summed E-state index contributed by atoms with van der Waals surface area (Å²) >= 11 is 0. The Morgan fingerprint density at radius 3 is 1.95 bits per heavy atom. The van der Waals surface area contributed by atoms with Gasteiger partial charge in [0.15, 0.2) is 0 Å². The molecule has 2 atom stereocenters. The largest absolute Gasteiger partial charge is 0.481 e. The molecule has 4 heteroatoms. The van der Waals surface area contributed by atoms with E-state index in [4.69, 9.17) is 5.11 Å². The van der Waals surface area contributed by atoms with Gasteiger partial charge in [0.05, 0.1) is 5.92 Å². The van der Waals surface area contributed by atoms with Crippen LogP contribution in [0.4, 0.5) is 0 Å². The predicted molar refractivity (Wildman–Crippen MR) is 89.0 cm³/mol. The molecule has 0 bridgehead atoms. The molecule has 0 aliphatic carbocycles. The summed E-state index contributed by atoms with van der Waals surface area (Å²) in [6.07, 6.45) is 11.1. The zero-order valence-corrected chi connectivity index (χ0v) is 14.4. The highest BCUT2D eigenvalue weighted by molar-refractivity contribution is 5.70. The van der Waals surface area contributed by atoms with Crippen molar-refractivity contribution in [1.29, 1.82) is 0 Å². The molecule has 0 aliphatic rings. The fourth-order valence-electron chi connectivity index (χ4n) is 2.96. The van der Waals surface area contributed by atoms with E-state index in [9.17, 15) is 14.7 Å². The highest BCUT2D eigenvalue weighted by Crippen LogP contribution is 2.26. The molecule has 0 radical (unpaired) electrons. The molecule has 0 rings (SSSR count). The summed E-state index contributed by atoms with van der Waals surface area (Å²) in [5, 5.41) is 18.3. The van der Waals surface area contributed by atoms with E-state index in [1.807, 2.05) is 6.92 Å². The number of carboxylic acids is 2. The van der Waals surface area contributed by atoms with Crippen molar-refractivity contribution in [2.45, 2.75) is 90.9 Å². The van der Waals surface area contributed by atoms with E-state index < -0.39 is 11.9 Å². The minimum Gasteiger partial charge on any atom is -0.481 e. The number of hydrogen-bond acceptors (Lipinski definition) is 2. The molecule has 2 unspecified atom stereocenters. The summed E-state index contributed by atoms with van der Waals surface area (Å²) in [6, 6.07) is 0. The van der Waals surface area contributed by atoms with Gasteiger partial charge in [-0.1, -0.05) is 65.2 Å². The van der Waals surface area contributed by atoms with E-state index in [1.54, 1.807) is 0 Å². The Labute approximate surface area is 135 Å². The highest BCUT2D eigenvalue weighted by Gasteiger charge is 2.23. The molecule has 0 aliphatic heterocycles. The van der Waals surface area contributed by atoms with Crippen LogP contribution < -0.4 is 0 Å². The molecular formula is C18H34O4. The van der Waals surface area contributed by atoms with Crippen molar-refractivity contribution in [2.75, 3.05) is 0 Å². The lowest BCUT2D eigenvalue weighted by molar-refractivity contribution is -0.144. The van der Waals surface area contributed by atoms with Crippen LogP contribution in [0, 0.1) is 11.8 Å². The quantitative estimate of drug-likeness (QED) is 0.412. The second-order valence-corrected chi connectivity index (χ2v) is 6.43. The van der Waals surface area contributed by atoms with Gasteiger partial charge in [-0.2, -0.15) is 0 Å². The van der Waals surface area contributed by atoms with Gasteiger partial charge < -0.3 is 10.2 Å². The Balaban J connectivity index is 4.23. The minimum atomic E-state index is -0.810. The van der Waals surface area contributed by atoms with E-state index >= 15 is 0 Å².